The molecule has 1 fully saturated rings. The van der Waals surface area contributed by atoms with Crippen LogP contribution in [0.3, 0.4) is 0 Å². The van der Waals surface area contributed by atoms with Crippen LogP contribution in [0.15, 0.2) is 28.6 Å². The monoisotopic (exact) mass is 294 g/mol. The first kappa shape index (κ1) is 13.4. The molecule has 3 rings (SSSR count). The molecule has 1 heterocycles. The van der Waals surface area contributed by atoms with Gasteiger partial charge in [-0.05, 0) is 38.4 Å². The quantitative estimate of drug-likeness (QED) is 0.910. The van der Waals surface area contributed by atoms with Crippen molar-refractivity contribution < 1.29 is 5.11 Å². The summed E-state index contributed by atoms with van der Waals surface area (Å²) in [5.41, 5.74) is 1.02. The topological polar surface area (TPSA) is 45.1 Å². The minimum atomic E-state index is -0.0751. The number of nitrogens with one attached hydrogen (secondary N) is 1. The summed E-state index contributed by atoms with van der Waals surface area (Å²) in [5, 5.41) is 13.4. The van der Waals surface area contributed by atoms with E-state index in [0.29, 0.717) is 5.25 Å². The van der Waals surface area contributed by atoms with Crippen molar-refractivity contribution in [1.82, 2.24) is 10.3 Å². The molecule has 0 spiro atoms. The average Bonchev–Trinajstić information content (AvgIpc) is 3.03. The van der Waals surface area contributed by atoms with Crippen LogP contribution in [0.5, 0.6) is 0 Å². The summed E-state index contributed by atoms with van der Waals surface area (Å²) in [5.74, 6) is 0. The second kappa shape index (κ2) is 5.40. The smallest absolute Gasteiger partial charge is 0.151 e. The van der Waals surface area contributed by atoms with Crippen molar-refractivity contribution >= 4 is 33.3 Å². The van der Waals surface area contributed by atoms with Crippen molar-refractivity contribution in [3.63, 3.8) is 0 Å². The number of hydrogen-bond acceptors (Lipinski definition) is 5. The third-order valence-corrected chi connectivity index (χ3v) is 6.34. The van der Waals surface area contributed by atoms with E-state index in [1.54, 1.807) is 11.3 Å². The van der Waals surface area contributed by atoms with Gasteiger partial charge in [-0.3, -0.25) is 0 Å². The van der Waals surface area contributed by atoms with Crippen LogP contribution in [0, 0.1) is 0 Å². The van der Waals surface area contributed by atoms with Crippen molar-refractivity contribution in [3.8, 4) is 0 Å². The maximum atomic E-state index is 9.53. The lowest BCUT2D eigenvalue weighted by Crippen LogP contribution is -2.44. The Morgan fingerprint density at radius 2 is 2.37 bits per heavy atom. The molecule has 2 unspecified atom stereocenters. The van der Waals surface area contributed by atoms with Gasteiger partial charge >= 0.3 is 0 Å². The van der Waals surface area contributed by atoms with Crippen LogP contribution in [0.2, 0.25) is 0 Å². The molecule has 1 aromatic heterocycles. The summed E-state index contributed by atoms with van der Waals surface area (Å²) in [6.45, 7) is 0.223. The molecule has 19 heavy (non-hydrogen) atoms. The van der Waals surface area contributed by atoms with Crippen LogP contribution in [-0.2, 0) is 0 Å². The Labute approximate surface area is 121 Å². The molecular formula is C14H18N2OS2. The molecule has 1 aliphatic carbocycles. The van der Waals surface area contributed by atoms with Crippen LogP contribution in [0.4, 0.5) is 0 Å². The van der Waals surface area contributed by atoms with Gasteiger partial charge < -0.3 is 10.4 Å². The highest BCUT2D eigenvalue weighted by Gasteiger charge is 2.38. The lowest BCUT2D eigenvalue weighted by molar-refractivity contribution is 0.173. The Bertz CT molecular complexity index is 532. The molecule has 2 aromatic rings. The predicted octanol–water partition coefficient (Wildman–Crippen LogP) is 2.89. The van der Waals surface area contributed by atoms with E-state index in [-0.39, 0.29) is 12.1 Å². The first-order valence-electron chi connectivity index (χ1n) is 6.57. The zero-order chi connectivity index (χ0) is 13.3. The molecule has 2 atom stereocenters. The van der Waals surface area contributed by atoms with E-state index in [1.807, 2.05) is 24.9 Å². The molecule has 0 bridgehead atoms. The maximum Gasteiger partial charge on any atom is 0.151 e. The van der Waals surface area contributed by atoms with E-state index in [0.717, 1.165) is 29.1 Å². The number of para-hydroxylation sites is 1. The van der Waals surface area contributed by atoms with Crippen LogP contribution >= 0.6 is 23.1 Å². The lowest BCUT2D eigenvalue weighted by Gasteiger charge is -2.26. The summed E-state index contributed by atoms with van der Waals surface area (Å²) in [4.78, 5) is 4.67. The molecule has 0 saturated heterocycles. The summed E-state index contributed by atoms with van der Waals surface area (Å²) in [6.07, 6.45) is 3.20. The van der Waals surface area contributed by atoms with E-state index >= 15 is 0 Å². The van der Waals surface area contributed by atoms with E-state index in [2.05, 4.69) is 28.5 Å². The van der Waals surface area contributed by atoms with Crippen molar-refractivity contribution in [2.24, 2.45) is 0 Å². The second-order valence-electron chi connectivity index (χ2n) is 5.12. The molecular weight excluding hydrogens is 276 g/mol. The zero-order valence-electron chi connectivity index (χ0n) is 10.9. The average molecular weight is 294 g/mol. The van der Waals surface area contributed by atoms with Gasteiger partial charge in [0, 0.05) is 10.8 Å². The third kappa shape index (κ3) is 2.65. The number of fused-ring (bicyclic) bond motifs is 1. The van der Waals surface area contributed by atoms with Gasteiger partial charge in [-0.1, -0.05) is 23.9 Å². The SMILES string of the molecule is CNC1(CO)CCC(Sc2nc3ccccc3s2)C1. The number of aromatic nitrogens is 1. The van der Waals surface area contributed by atoms with E-state index < -0.39 is 0 Å². The van der Waals surface area contributed by atoms with Gasteiger partial charge in [-0.2, -0.15) is 0 Å². The molecule has 5 heteroatoms. The standard InChI is InChI=1S/C14H18N2OS2/c1-15-14(9-17)7-6-10(8-14)18-13-16-11-4-2-3-5-12(11)19-13/h2-5,10,15,17H,6-9H2,1H3. The summed E-state index contributed by atoms with van der Waals surface area (Å²) < 4.78 is 2.40. The Kier molecular flexibility index (Phi) is 3.80. The third-order valence-electron chi connectivity index (χ3n) is 3.94. The van der Waals surface area contributed by atoms with Gasteiger partial charge in [-0.25, -0.2) is 4.98 Å². The number of nitrogens with zero attached hydrogens (tertiary/aromatic N) is 1. The number of hydrogen-bond donors (Lipinski definition) is 2. The number of aliphatic hydroxyl groups is 1. The van der Waals surface area contributed by atoms with E-state index in [4.69, 9.17) is 0 Å². The van der Waals surface area contributed by atoms with Crippen LogP contribution in [-0.4, -0.2) is 34.5 Å². The first-order chi connectivity index (χ1) is 9.24. The summed E-state index contributed by atoms with van der Waals surface area (Å²) in [7, 11) is 1.95. The molecule has 1 aliphatic rings. The van der Waals surface area contributed by atoms with Gasteiger partial charge in [0.05, 0.1) is 16.8 Å². The van der Waals surface area contributed by atoms with Gasteiger partial charge in [0.2, 0.25) is 0 Å². The van der Waals surface area contributed by atoms with Crippen molar-refractivity contribution in [1.29, 1.82) is 0 Å². The molecule has 1 saturated carbocycles. The van der Waals surface area contributed by atoms with Gasteiger partial charge in [0.15, 0.2) is 4.34 Å². The highest BCUT2D eigenvalue weighted by atomic mass is 32.2. The van der Waals surface area contributed by atoms with Gasteiger partial charge in [0.25, 0.3) is 0 Å². The normalized spacial score (nSPS) is 27.2. The molecule has 0 amide bonds. The fraction of sp³-hybridized carbons (Fsp3) is 0.500. The number of benzene rings is 1. The first-order valence-corrected chi connectivity index (χ1v) is 8.26. The number of aliphatic hydroxyl groups excluding tert-OH is 1. The summed E-state index contributed by atoms with van der Waals surface area (Å²) in [6, 6.07) is 8.28. The maximum absolute atomic E-state index is 9.53. The van der Waals surface area contributed by atoms with Crippen LogP contribution < -0.4 is 5.32 Å². The largest absolute Gasteiger partial charge is 0.394 e. The second-order valence-corrected chi connectivity index (χ2v) is 7.70. The van der Waals surface area contributed by atoms with Crippen molar-refractivity contribution in [2.45, 2.75) is 34.4 Å². The zero-order valence-corrected chi connectivity index (χ0v) is 12.6. The van der Waals surface area contributed by atoms with Crippen molar-refractivity contribution in [3.05, 3.63) is 24.3 Å². The van der Waals surface area contributed by atoms with Crippen LogP contribution in [0.1, 0.15) is 19.3 Å². The molecule has 0 radical (unpaired) electrons. The number of thioether (sulfide) groups is 1. The lowest BCUT2D eigenvalue weighted by atomic mass is 10.00. The fourth-order valence-corrected chi connectivity index (χ4v) is 5.31. The minimum absolute atomic E-state index is 0.0751. The summed E-state index contributed by atoms with van der Waals surface area (Å²) >= 11 is 3.63. The number of rotatable bonds is 4. The molecule has 1 aromatic carbocycles. The fourth-order valence-electron chi connectivity index (χ4n) is 2.67. The number of thiazole rings is 1. The van der Waals surface area contributed by atoms with Crippen molar-refractivity contribution in [2.75, 3.05) is 13.7 Å². The van der Waals surface area contributed by atoms with Gasteiger partial charge in [-0.15, -0.1) is 11.3 Å². The highest BCUT2D eigenvalue weighted by Crippen LogP contribution is 2.41. The highest BCUT2D eigenvalue weighted by molar-refractivity contribution is 8.01. The molecule has 2 N–H and O–H groups in total. The molecule has 3 nitrogen and oxygen atoms in total. The Balaban J connectivity index is 1.72. The predicted molar refractivity (Wildman–Crippen MR) is 82.0 cm³/mol. The molecule has 102 valence electrons. The Morgan fingerprint density at radius 3 is 3.05 bits per heavy atom. The minimum Gasteiger partial charge on any atom is -0.394 e. The van der Waals surface area contributed by atoms with Crippen LogP contribution in [0.25, 0.3) is 10.2 Å². The Morgan fingerprint density at radius 1 is 1.53 bits per heavy atom. The van der Waals surface area contributed by atoms with E-state index in [9.17, 15) is 5.11 Å². The number of likely N-dealkylation sites (N-methyl/N-ethyl adjacent to an activating group) is 1. The van der Waals surface area contributed by atoms with E-state index in [1.165, 1.54) is 4.70 Å². The Hall–Kier alpha value is -0.620. The molecule has 0 aliphatic heterocycles. The van der Waals surface area contributed by atoms with Gasteiger partial charge in [0.1, 0.15) is 0 Å².